The Kier molecular flexibility index (Phi) is 8.97. The molecule has 2 aliphatic heterocycles. The first-order chi connectivity index (χ1) is 32.8. The van der Waals surface area contributed by atoms with E-state index in [0.717, 1.165) is 16.7 Å². The van der Waals surface area contributed by atoms with Gasteiger partial charge in [-0.15, -0.1) is 0 Å². The van der Waals surface area contributed by atoms with Crippen molar-refractivity contribution in [2.24, 2.45) is 0 Å². The van der Waals surface area contributed by atoms with Gasteiger partial charge in [-0.3, -0.25) is 0 Å². The van der Waals surface area contributed by atoms with E-state index >= 15 is 0 Å². The molecule has 4 aliphatic rings. The molecular weight excluding hydrogens is 865 g/mol. The van der Waals surface area contributed by atoms with E-state index in [1.807, 2.05) is 24.3 Å². The van der Waals surface area contributed by atoms with Crippen molar-refractivity contribution in [3.05, 3.63) is 212 Å². The molecule has 12 nitrogen and oxygen atoms in total. The Morgan fingerprint density at radius 1 is 0.279 bits per heavy atom. The van der Waals surface area contributed by atoms with Crippen LogP contribution in [0, 0.1) is 0 Å². The summed E-state index contributed by atoms with van der Waals surface area (Å²) in [6.07, 6.45) is -1.64. The molecule has 10 N–H and O–H groups in total. The lowest BCUT2D eigenvalue weighted by molar-refractivity contribution is 0.215. The van der Waals surface area contributed by atoms with Crippen LogP contribution in [0.2, 0.25) is 0 Å². The minimum atomic E-state index is -0.841. The first kappa shape index (κ1) is 40.8. The second-order valence-corrected chi connectivity index (χ2v) is 18.2. The smallest absolute Gasteiger partial charge is 0.166 e. The molecule has 8 aromatic rings. The van der Waals surface area contributed by atoms with Gasteiger partial charge >= 0.3 is 0 Å². The molecule has 8 atom stereocenters. The van der Waals surface area contributed by atoms with Gasteiger partial charge in [0.05, 0.1) is 11.8 Å². The van der Waals surface area contributed by atoms with Gasteiger partial charge in [-0.2, -0.15) is 0 Å². The third-order valence-electron chi connectivity index (χ3n) is 14.4. The fourth-order valence-electron chi connectivity index (χ4n) is 12.0. The van der Waals surface area contributed by atoms with Gasteiger partial charge in [0, 0.05) is 58.6 Å². The maximum Gasteiger partial charge on any atom is 0.166 e. The molecule has 68 heavy (non-hydrogen) atoms. The highest BCUT2D eigenvalue weighted by Gasteiger charge is 2.58. The van der Waals surface area contributed by atoms with Crippen molar-refractivity contribution in [3.63, 3.8) is 0 Å². The second-order valence-electron chi connectivity index (χ2n) is 18.2. The molecule has 0 saturated heterocycles. The lowest BCUT2D eigenvalue weighted by Gasteiger charge is -2.41. The van der Waals surface area contributed by atoms with Crippen molar-refractivity contribution in [2.45, 2.75) is 47.7 Å². The fraction of sp³-hybridized carbons (Fsp3) is 0.143. The van der Waals surface area contributed by atoms with Gasteiger partial charge in [0.1, 0.15) is 69.7 Å². The highest BCUT2D eigenvalue weighted by atomic mass is 16.5. The lowest BCUT2D eigenvalue weighted by Crippen LogP contribution is -2.28. The van der Waals surface area contributed by atoms with Gasteiger partial charge in [-0.05, 0) is 129 Å². The fourth-order valence-corrected chi connectivity index (χ4v) is 12.0. The van der Waals surface area contributed by atoms with Crippen molar-refractivity contribution in [2.75, 3.05) is 0 Å². The number of rotatable bonds is 6. The topological polar surface area (TPSA) is 221 Å². The normalized spacial score (nSPS) is 22.6. The summed E-state index contributed by atoms with van der Waals surface area (Å²) in [5, 5.41) is 111. The Hall–Kier alpha value is -8.64. The van der Waals surface area contributed by atoms with Crippen LogP contribution < -0.4 is 9.47 Å². The molecule has 12 heteroatoms. The number of benzene rings is 8. The van der Waals surface area contributed by atoms with E-state index in [2.05, 4.69) is 0 Å². The molecular formula is C56H42O12. The Bertz CT molecular complexity index is 3290. The summed E-state index contributed by atoms with van der Waals surface area (Å²) >= 11 is 0. The molecule has 338 valence electrons. The number of phenols is 10. The van der Waals surface area contributed by atoms with Crippen LogP contribution in [-0.4, -0.2) is 51.1 Å². The van der Waals surface area contributed by atoms with Crippen LogP contribution in [0.1, 0.15) is 114 Å². The van der Waals surface area contributed by atoms with E-state index in [1.165, 1.54) is 24.3 Å². The van der Waals surface area contributed by atoms with Crippen LogP contribution in [0.25, 0.3) is 0 Å². The van der Waals surface area contributed by atoms with E-state index in [1.54, 1.807) is 97.1 Å². The molecule has 2 heterocycles. The van der Waals surface area contributed by atoms with Crippen molar-refractivity contribution in [1.29, 1.82) is 0 Å². The van der Waals surface area contributed by atoms with Gasteiger partial charge in [0.2, 0.25) is 0 Å². The Labute approximate surface area is 388 Å². The lowest BCUT2D eigenvalue weighted by atomic mass is 9.60. The number of fused-ring (bicyclic) bond motifs is 11. The monoisotopic (exact) mass is 906 g/mol. The summed E-state index contributed by atoms with van der Waals surface area (Å²) in [5.41, 5.74) is 7.73. The molecule has 0 aromatic heterocycles. The van der Waals surface area contributed by atoms with Crippen LogP contribution in [-0.2, 0) is 0 Å². The molecule has 2 aliphatic carbocycles. The molecule has 0 spiro atoms. The van der Waals surface area contributed by atoms with E-state index in [4.69, 9.17) is 9.47 Å². The first-order valence-corrected chi connectivity index (χ1v) is 22.2. The van der Waals surface area contributed by atoms with Gasteiger partial charge in [-0.25, -0.2) is 0 Å². The Morgan fingerprint density at radius 2 is 0.721 bits per heavy atom. The Morgan fingerprint density at radius 3 is 1.22 bits per heavy atom. The van der Waals surface area contributed by atoms with Crippen molar-refractivity contribution in [3.8, 4) is 69.0 Å². The first-order valence-electron chi connectivity index (χ1n) is 22.2. The maximum absolute atomic E-state index is 12.7. The average Bonchev–Trinajstić information content (AvgIpc) is 3.96. The van der Waals surface area contributed by atoms with Gasteiger partial charge in [-0.1, -0.05) is 48.5 Å². The predicted octanol–water partition coefficient (Wildman–Crippen LogP) is 10.4. The Balaban J connectivity index is 1.21. The largest absolute Gasteiger partial charge is 0.508 e. The molecule has 0 unspecified atom stereocenters. The SMILES string of the molecule is Oc1ccc([C@@H]2c3c(O)cc4c(c3[C@@H]3c5cc(O)c6c(c5[C@H]2[C@H]3c2ccc(O)cc2)[C@@H](c2cc(O)cc(O)c2)[C@@H](c2ccc(O)cc2)O6)[C@H](c2cc(O)cc(O)c2)[C@H](c2ccc(O)cc2)O4)cc1. The standard InChI is InChI=1S/C56H42O12/c57-31-9-1-25(2-10-31)43-47-39-23-41(66)56-53(46(30-19-37(63)22-38(64)20-30)55(68-56)28-7-15-34(60)16-8-28)48(39)51(43)44(26-3-11-32(58)12-4-26)49-40(65)24-42-50(52(47)49)45(29-17-35(61)21-36(62)18-29)54(67-42)27-5-13-33(59)14-6-27/h1-24,43-47,51,54-55,57-66H/t43-,44+,45-,46+,47+,51-,54-,55+/m0/s1. The maximum atomic E-state index is 12.7. The number of hydrogen-bond donors (Lipinski definition) is 10. The second kappa shape index (κ2) is 14.9. The van der Waals surface area contributed by atoms with Crippen LogP contribution >= 0.6 is 0 Å². The minimum Gasteiger partial charge on any atom is -0.508 e. The number of hydrogen-bond acceptors (Lipinski definition) is 12. The van der Waals surface area contributed by atoms with E-state index in [9.17, 15) is 51.1 Å². The predicted molar refractivity (Wildman–Crippen MR) is 248 cm³/mol. The number of phenolic OH excluding ortho intramolecular Hbond substituents is 10. The molecule has 0 amide bonds. The van der Waals surface area contributed by atoms with E-state index in [0.29, 0.717) is 55.8 Å². The van der Waals surface area contributed by atoms with E-state index in [-0.39, 0.29) is 63.2 Å². The van der Waals surface area contributed by atoms with Crippen molar-refractivity contribution >= 4 is 0 Å². The molecule has 2 bridgehead atoms. The van der Waals surface area contributed by atoms with Crippen molar-refractivity contribution in [1.82, 2.24) is 0 Å². The van der Waals surface area contributed by atoms with Gasteiger partial charge in [0.25, 0.3) is 0 Å². The summed E-state index contributed by atoms with van der Waals surface area (Å²) in [6, 6.07) is 38.8. The minimum absolute atomic E-state index is 0.0244. The summed E-state index contributed by atoms with van der Waals surface area (Å²) in [5.74, 6) is -4.32. The van der Waals surface area contributed by atoms with E-state index < -0.39 is 47.7 Å². The summed E-state index contributed by atoms with van der Waals surface area (Å²) in [6.45, 7) is 0. The van der Waals surface area contributed by atoms with Crippen LogP contribution in [0.5, 0.6) is 69.0 Å². The molecule has 12 rings (SSSR count). The molecule has 8 aromatic carbocycles. The summed E-state index contributed by atoms with van der Waals surface area (Å²) in [7, 11) is 0. The van der Waals surface area contributed by atoms with Crippen LogP contribution in [0.3, 0.4) is 0 Å². The average molecular weight is 907 g/mol. The quantitative estimate of drug-likeness (QED) is 0.0753. The zero-order valence-corrected chi connectivity index (χ0v) is 35.8. The molecule has 0 saturated carbocycles. The third kappa shape index (κ3) is 6.20. The van der Waals surface area contributed by atoms with Crippen LogP contribution in [0.4, 0.5) is 0 Å². The van der Waals surface area contributed by atoms with Gasteiger partial charge in [0.15, 0.2) is 11.5 Å². The number of aromatic hydroxyl groups is 10. The third-order valence-corrected chi connectivity index (χ3v) is 14.4. The van der Waals surface area contributed by atoms with Crippen molar-refractivity contribution < 1.29 is 60.5 Å². The highest BCUT2D eigenvalue weighted by molar-refractivity contribution is 5.75. The number of ether oxygens (including phenoxy) is 2. The van der Waals surface area contributed by atoms with Crippen LogP contribution in [0.15, 0.2) is 146 Å². The van der Waals surface area contributed by atoms with Gasteiger partial charge < -0.3 is 60.5 Å². The summed E-state index contributed by atoms with van der Waals surface area (Å²) in [4.78, 5) is 0. The molecule has 0 fully saturated rings. The zero-order chi connectivity index (χ0) is 46.9. The summed E-state index contributed by atoms with van der Waals surface area (Å²) < 4.78 is 13.7. The molecule has 0 radical (unpaired) electrons. The highest BCUT2D eigenvalue weighted by Crippen LogP contribution is 2.73. The zero-order valence-electron chi connectivity index (χ0n) is 35.8.